The third-order valence-electron chi connectivity index (χ3n) is 4.21. The number of carbonyl (C=O) groups is 1. The van der Waals surface area contributed by atoms with Gasteiger partial charge in [0.05, 0.1) is 7.11 Å². The zero-order valence-corrected chi connectivity index (χ0v) is 16.6. The number of halogens is 1. The van der Waals surface area contributed by atoms with E-state index in [1.54, 1.807) is 36.5 Å². The summed E-state index contributed by atoms with van der Waals surface area (Å²) < 4.78 is 11.8. The highest BCUT2D eigenvalue weighted by Crippen LogP contribution is 2.27. The molecule has 0 aliphatic carbocycles. The van der Waals surface area contributed by atoms with Crippen LogP contribution in [0.15, 0.2) is 46.9 Å². The highest BCUT2D eigenvalue weighted by atomic mass is 35.5. The van der Waals surface area contributed by atoms with E-state index < -0.39 is 11.5 Å². The Labute approximate surface area is 171 Å². The fourth-order valence-corrected chi connectivity index (χ4v) is 2.79. The van der Waals surface area contributed by atoms with Gasteiger partial charge in [-0.25, -0.2) is 4.79 Å². The Kier molecular flexibility index (Phi) is 5.66. The first-order chi connectivity index (χ1) is 13.8. The summed E-state index contributed by atoms with van der Waals surface area (Å²) in [5, 5.41) is 9.85. The molecule has 0 radical (unpaired) electrons. The van der Waals surface area contributed by atoms with Crippen LogP contribution in [-0.4, -0.2) is 22.5 Å². The molecule has 0 saturated heterocycles. The van der Waals surface area contributed by atoms with Gasteiger partial charge in [0, 0.05) is 11.2 Å². The molecule has 7 nitrogen and oxygen atoms in total. The van der Waals surface area contributed by atoms with Crippen LogP contribution in [0.5, 0.6) is 11.6 Å². The molecule has 0 saturated carbocycles. The lowest BCUT2D eigenvalue weighted by Crippen LogP contribution is -2.20. The van der Waals surface area contributed by atoms with Crippen molar-refractivity contribution in [3.63, 3.8) is 0 Å². The lowest BCUT2D eigenvalue weighted by molar-refractivity contribution is -0.135. The van der Waals surface area contributed by atoms with Crippen LogP contribution in [0, 0.1) is 25.2 Å². The van der Waals surface area contributed by atoms with Crippen molar-refractivity contribution in [3.05, 3.63) is 74.2 Å². The summed E-state index contributed by atoms with van der Waals surface area (Å²) in [6.07, 6.45) is 2.67. The van der Waals surface area contributed by atoms with Gasteiger partial charge in [-0.3, -0.25) is 9.20 Å². The molecular weight excluding hydrogens is 394 g/mol. The number of esters is 1. The Bertz CT molecular complexity index is 1260. The molecule has 2 heterocycles. The van der Waals surface area contributed by atoms with Crippen molar-refractivity contribution in [1.29, 1.82) is 5.26 Å². The molecule has 1 aromatic carbocycles. The number of fused-ring (bicyclic) bond motifs is 1. The number of methoxy groups -OCH3 is 1. The van der Waals surface area contributed by atoms with Gasteiger partial charge in [0.25, 0.3) is 5.56 Å². The largest absolute Gasteiger partial charge is 0.465 e. The number of aromatic nitrogens is 2. The van der Waals surface area contributed by atoms with E-state index in [2.05, 4.69) is 9.72 Å². The molecule has 29 heavy (non-hydrogen) atoms. The molecule has 0 amide bonds. The Morgan fingerprint density at radius 2 is 2.03 bits per heavy atom. The molecule has 0 unspecified atom stereocenters. The fraction of sp³-hybridized carbons (Fsp3) is 0.143. The second kappa shape index (κ2) is 8.17. The van der Waals surface area contributed by atoms with Gasteiger partial charge in [-0.1, -0.05) is 17.7 Å². The zero-order chi connectivity index (χ0) is 21.1. The maximum absolute atomic E-state index is 13.1. The SMILES string of the molecule is COC(=O)/C(C#N)=C\c1c(Oc2ccc(Cl)c(C)c2)nc2c(C)cccn2c1=O. The molecule has 0 spiro atoms. The summed E-state index contributed by atoms with van der Waals surface area (Å²) >= 11 is 6.06. The van der Waals surface area contributed by atoms with Crippen LogP contribution < -0.4 is 10.3 Å². The second-order valence-electron chi connectivity index (χ2n) is 6.20. The first-order valence-corrected chi connectivity index (χ1v) is 8.89. The maximum Gasteiger partial charge on any atom is 0.348 e. The molecule has 2 aromatic heterocycles. The monoisotopic (exact) mass is 409 g/mol. The fourth-order valence-electron chi connectivity index (χ4n) is 2.68. The van der Waals surface area contributed by atoms with Crippen LogP contribution in [0.4, 0.5) is 0 Å². The minimum Gasteiger partial charge on any atom is -0.465 e. The van der Waals surface area contributed by atoms with Crippen molar-refractivity contribution >= 4 is 29.3 Å². The maximum atomic E-state index is 13.1. The van der Waals surface area contributed by atoms with Crippen LogP contribution in [0.25, 0.3) is 11.7 Å². The third kappa shape index (κ3) is 3.98. The van der Waals surface area contributed by atoms with Gasteiger partial charge in [-0.2, -0.15) is 10.2 Å². The number of nitrogens with zero attached hydrogens (tertiary/aromatic N) is 3. The van der Waals surface area contributed by atoms with Crippen molar-refractivity contribution in [3.8, 4) is 17.7 Å². The van der Waals surface area contributed by atoms with Crippen LogP contribution in [-0.2, 0) is 9.53 Å². The molecular formula is C21H16ClN3O4. The lowest BCUT2D eigenvalue weighted by atomic mass is 10.2. The van der Waals surface area contributed by atoms with Crippen molar-refractivity contribution in [2.75, 3.05) is 7.11 Å². The van der Waals surface area contributed by atoms with Crippen molar-refractivity contribution < 1.29 is 14.3 Å². The normalized spacial score (nSPS) is 11.2. The number of hydrogen-bond donors (Lipinski definition) is 0. The number of carbonyl (C=O) groups excluding carboxylic acids is 1. The number of hydrogen-bond acceptors (Lipinski definition) is 6. The quantitative estimate of drug-likeness (QED) is 0.369. The average Bonchev–Trinajstić information content (AvgIpc) is 2.71. The highest BCUT2D eigenvalue weighted by molar-refractivity contribution is 6.31. The van der Waals surface area contributed by atoms with Crippen molar-refractivity contribution in [2.24, 2.45) is 0 Å². The number of rotatable bonds is 4. The van der Waals surface area contributed by atoms with E-state index >= 15 is 0 Å². The molecule has 146 valence electrons. The number of nitriles is 1. The Morgan fingerprint density at radius 1 is 1.28 bits per heavy atom. The van der Waals surface area contributed by atoms with Crippen LogP contribution in [0.1, 0.15) is 16.7 Å². The summed E-state index contributed by atoms with van der Waals surface area (Å²) in [4.78, 5) is 29.4. The Morgan fingerprint density at radius 3 is 2.69 bits per heavy atom. The van der Waals surface area contributed by atoms with Crippen LogP contribution in [0.2, 0.25) is 5.02 Å². The molecule has 0 atom stereocenters. The first-order valence-electron chi connectivity index (χ1n) is 8.51. The average molecular weight is 410 g/mol. The van der Waals surface area contributed by atoms with Gasteiger partial charge in [0.2, 0.25) is 5.88 Å². The standard InChI is InChI=1S/C21H16ClN3O4/c1-12-5-4-8-25-18(12)24-19(29-15-6-7-17(22)13(2)9-15)16(20(25)26)10-14(11-23)21(27)28-3/h4-10H,1-3H3/b14-10-. The smallest absolute Gasteiger partial charge is 0.348 e. The van der Waals surface area contributed by atoms with E-state index in [0.717, 1.165) is 24.3 Å². The van der Waals surface area contributed by atoms with E-state index in [1.165, 1.54) is 4.40 Å². The molecule has 0 bridgehead atoms. The second-order valence-corrected chi connectivity index (χ2v) is 6.60. The number of aryl methyl sites for hydroxylation is 2. The van der Waals surface area contributed by atoms with E-state index in [9.17, 15) is 14.9 Å². The van der Waals surface area contributed by atoms with Gasteiger partial charge in [-0.15, -0.1) is 0 Å². The van der Waals surface area contributed by atoms with Crippen LogP contribution in [0.3, 0.4) is 0 Å². The summed E-state index contributed by atoms with van der Waals surface area (Å²) in [5.74, 6) is -0.500. The van der Waals surface area contributed by atoms with Gasteiger partial charge >= 0.3 is 5.97 Å². The predicted molar refractivity (Wildman–Crippen MR) is 108 cm³/mol. The van der Waals surface area contributed by atoms with Crippen LogP contribution >= 0.6 is 11.6 Å². The lowest BCUT2D eigenvalue weighted by Gasteiger charge is -2.12. The Balaban J connectivity index is 2.28. The van der Waals surface area contributed by atoms with Gasteiger partial charge in [0.15, 0.2) is 0 Å². The van der Waals surface area contributed by atoms with E-state index in [4.69, 9.17) is 16.3 Å². The van der Waals surface area contributed by atoms with Gasteiger partial charge < -0.3 is 9.47 Å². The predicted octanol–water partition coefficient (Wildman–Crippen LogP) is 3.84. The molecule has 8 heteroatoms. The van der Waals surface area contributed by atoms with Crippen molar-refractivity contribution in [1.82, 2.24) is 9.38 Å². The Hall–Kier alpha value is -3.63. The van der Waals surface area contributed by atoms with E-state index in [1.807, 2.05) is 19.9 Å². The molecule has 0 aliphatic rings. The molecule has 0 fully saturated rings. The topological polar surface area (TPSA) is 93.7 Å². The number of benzene rings is 1. The summed E-state index contributed by atoms with van der Waals surface area (Å²) in [7, 11) is 1.15. The van der Waals surface area contributed by atoms with Crippen molar-refractivity contribution in [2.45, 2.75) is 13.8 Å². The number of ether oxygens (including phenoxy) is 2. The van der Waals surface area contributed by atoms with E-state index in [-0.39, 0.29) is 17.0 Å². The highest BCUT2D eigenvalue weighted by Gasteiger charge is 2.18. The zero-order valence-electron chi connectivity index (χ0n) is 15.9. The molecule has 3 rings (SSSR count). The summed E-state index contributed by atoms with van der Waals surface area (Å²) in [5.41, 5.74) is 1.04. The summed E-state index contributed by atoms with van der Waals surface area (Å²) in [6, 6.07) is 10.2. The first kappa shape index (κ1) is 20.1. The van der Waals surface area contributed by atoms with E-state index in [0.29, 0.717) is 16.4 Å². The molecule has 0 aliphatic heterocycles. The minimum absolute atomic E-state index is 0.0392. The summed E-state index contributed by atoms with van der Waals surface area (Å²) in [6.45, 7) is 3.62. The van der Waals surface area contributed by atoms with Gasteiger partial charge in [0.1, 0.15) is 28.6 Å². The number of pyridine rings is 1. The third-order valence-corrected chi connectivity index (χ3v) is 4.63. The minimum atomic E-state index is -0.866. The molecule has 3 aromatic rings. The van der Waals surface area contributed by atoms with Gasteiger partial charge in [-0.05, 0) is 55.3 Å². The molecule has 0 N–H and O–H groups in total.